The second-order valence-electron chi connectivity index (χ2n) is 3.00. The zero-order chi connectivity index (χ0) is 10.1. The molecule has 0 aliphatic rings. The molecule has 0 spiro atoms. The van der Waals surface area contributed by atoms with Crippen LogP contribution in [0.1, 0.15) is 17.3 Å². The van der Waals surface area contributed by atoms with E-state index in [0.29, 0.717) is 5.56 Å². The fourth-order valence-electron chi connectivity index (χ4n) is 1.46. The molecule has 0 unspecified atom stereocenters. The number of carbonyl (C=O) groups is 1. The number of aryl methyl sites for hydroxylation is 1. The van der Waals surface area contributed by atoms with E-state index >= 15 is 0 Å². The summed E-state index contributed by atoms with van der Waals surface area (Å²) in [7, 11) is 0. The van der Waals surface area contributed by atoms with Gasteiger partial charge >= 0.3 is 0 Å². The molecule has 1 aromatic heterocycles. The van der Waals surface area contributed by atoms with Crippen molar-refractivity contribution < 1.29 is 4.79 Å². The normalized spacial score (nSPS) is 10.7. The lowest BCUT2D eigenvalue weighted by atomic mass is 10.2. The molecule has 2 aromatic rings. The zero-order valence-corrected chi connectivity index (χ0v) is 9.28. The Morgan fingerprint density at radius 2 is 2.36 bits per heavy atom. The van der Waals surface area contributed by atoms with Crippen LogP contribution in [-0.4, -0.2) is 16.1 Å². The summed E-state index contributed by atoms with van der Waals surface area (Å²) in [6.07, 6.45) is 0.848. The SMILES string of the molecule is CCn1nc(Br)c2ccc(C=O)cc21. The summed E-state index contributed by atoms with van der Waals surface area (Å²) in [6.45, 7) is 2.82. The highest BCUT2D eigenvalue weighted by Crippen LogP contribution is 2.23. The molecule has 3 nitrogen and oxygen atoms in total. The van der Waals surface area contributed by atoms with Gasteiger partial charge in [-0.3, -0.25) is 9.48 Å². The topological polar surface area (TPSA) is 34.9 Å². The van der Waals surface area contributed by atoms with Gasteiger partial charge in [0.1, 0.15) is 10.9 Å². The van der Waals surface area contributed by atoms with Gasteiger partial charge in [-0.05, 0) is 35.0 Å². The van der Waals surface area contributed by atoms with E-state index in [2.05, 4.69) is 21.0 Å². The molecule has 0 atom stereocenters. The van der Waals surface area contributed by atoms with Gasteiger partial charge in [0, 0.05) is 17.5 Å². The molecule has 0 saturated carbocycles. The first kappa shape index (κ1) is 9.40. The maximum Gasteiger partial charge on any atom is 0.150 e. The third kappa shape index (κ3) is 1.35. The maximum atomic E-state index is 10.6. The monoisotopic (exact) mass is 252 g/mol. The molecule has 1 heterocycles. The molecule has 2 rings (SSSR count). The molecule has 0 aliphatic carbocycles. The Morgan fingerprint density at radius 3 is 3.00 bits per heavy atom. The second kappa shape index (κ2) is 3.53. The average Bonchev–Trinajstić information content (AvgIpc) is 2.55. The van der Waals surface area contributed by atoms with Gasteiger partial charge in [-0.1, -0.05) is 6.07 Å². The molecule has 4 heteroatoms. The van der Waals surface area contributed by atoms with Crippen molar-refractivity contribution in [3.8, 4) is 0 Å². The molecule has 0 amide bonds. The lowest BCUT2D eigenvalue weighted by Gasteiger charge is -1.97. The van der Waals surface area contributed by atoms with Crippen LogP contribution in [0.15, 0.2) is 22.8 Å². The number of fused-ring (bicyclic) bond motifs is 1. The lowest BCUT2D eigenvalue weighted by molar-refractivity contribution is 0.112. The Hall–Kier alpha value is -1.16. The molecule has 0 bridgehead atoms. The van der Waals surface area contributed by atoms with Crippen LogP contribution in [0.2, 0.25) is 0 Å². The number of rotatable bonds is 2. The van der Waals surface area contributed by atoms with Crippen LogP contribution in [-0.2, 0) is 6.54 Å². The lowest BCUT2D eigenvalue weighted by Crippen LogP contribution is -1.95. The van der Waals surface area contributed by atoms with Crippen molar-refractivity contribution in [3.05, 3.63) is 28.4 Å². The summed E-state index contributed by atoms with van der Waals surface area (Å²) < 4.78 is 2.69. The summed E-state index contributed by atoms with van der Waals surface area (Å²) in [6, 6.07) is 5.55. The van der Waals surface area contributed by atoms with Crippen molar-refractivity contribution in [3.63, 3.8) is 0 Å². The number of halogens is 1. The van der Waals surface area contributed by atoms with E-state index < -0.39 is 0 Å². The molecule has 14 heavy (non-hydrogen) atoms. The summed E-state index contributed by atoms with van der Waals surface area (Å²) >= 11 is 3.38. The van der Waals surface area contributed by atoms with E-state index in [1.54, 1.807) is 6.07 Å². The van der Waals surface area contributed by atoms with Crippen molar-refractivity contribution in [2.24, 2.45) is 0 Å². The van der Waals surface area contributed by atoms with Crippen LogP contribution >= 0.6 is 15.9 Å². The van der Waals surface area contributed by atoms with Crippen LogP contribution in [0.5, 0.6) is 0 Å². The average molecular weight is 253 g/mol. The van der Waals surface area contributed by atoms with Crippen LogP contribution in [0.25, 0.3) is 10.9 Å². The van der Waals surface area contributed by atoms with Gasteiger partial charge in [0.05, 0.1) is 5.52 Å². The van der Waals surface area contributed by atoms with Crippen LogP contribution in [0.3, 0.4) is 0 Å². The number of hydrogen-bond acceptors (Lipinski definition) is 2. The van der Waals surface area contributed by atoms with Gasteiger partial charge in [0.2, 0.25) is 0 Å². The minimum atomic E-state index is 0.680. The standard InChI is InChI=1S/C10H9BrN2O/c1-2-13-9-5-7(6-14)3-4-8(9)10(11)12-13/h3-6H,2H2,1H3. The number of aromatic nitrogens is 2. The highest BCUT2D eigenvalue weighted by Gasteiger charge is 2.07. The number of aldehydes is 1. The van der Waals surface area contributed by atoms with E-state index in [0.717, 1.165) is 28.3 Å². The first-order chi connectivity index (χ1) is 6.76. The van der Waals surface area contributed by atoms with E-state index in [1.165, 1.54) is 0 Å². The molecular weight excluding hydrogens is 244 g/mol. The van der Waals surface area contributed by atoms with Crippen molar-refractivity contribution in [2.75, 3.05) is 0 Å². The maximum absolute atomic E-state index is 10.6. The predicted molar refractivity (Wildman–Crippen MR) is 58.5 cm³/mol. The predicted octanol–water partition coefficient (Wildman–Crippen LogP) is 2.63. The Balaban J connectivity index is 2.77. The van der Waals surface area contributed by atoms with E-state index in [-0.39, 0.29) is 0 Å². The summed E-state index contributed by atoms with van der Waals surface area (Å²) in [5.74, 6) is 0. The molecule has 0 aliphatic heterocycles. The first-order valence-electron chi connectivity index (χ1n) is 4.37. The smallest absolute Gasteiger partial charge is 0.150 e. The molecule has 0 radical (unpaired) electrons. The Morgan fingerprint density at radius 1 is 1.57 bits per heavy atom. The van der Waals surface area contributed by atoms with Crippen molar-refractivity contribution in [2.45, 2.75) is 13.5 Å². The number of carbonyl (C=O) groups excluding carboxylic acids is 1. The van der Waals surface area contributed by atoms with Crippen LogP contribution < -0.4 is 0 Å². The Kier molecular flexibility index (Phi) is 2.37. The minimum Gasteiger partial charge on any atom is -0.298 e. The van der Waals surface area contributed by atoms with Gasteiger partial charge in [0.25, 0.3) is 0 Å². The number of benzene rings is 1. The molecule has 1 aromatic carbocycles. The fourth-order valence-corrected chi connectivity index (χ4v) is 1.99. The van der Waals surface area contributed by atoms with Gasteiger partial charge in [-0.15, -0.1) is 0 Å². The third-order valence-corrected chi connectivity index (χ3v) is 2.75. The van der Waals surface area contributed by atoms with Gasteiger partial charge < -0.3 is 0 Å². The van der Waals surface area contributed by atoms with E-state index in [4.69, 9.17) is 0 Å². The highest BCUT2D eigenvalue weighted by molar-refractivity contribution is 9.10. The fraction of sp³-hybridized carbons (Fsp3) is 0.200. The number of nitrogens with zero attached hydrogens (tertiary/aromatic N) is 2. The molecule has 72 valence electrons. The minimum absolute atomic E-state index is 0.680. The summed E-state index contributed by atoms with van der Waals surface area (Å²) in [5, 5.41) is 5.34. The summed E-state index contributed by atoms with van der Waals surface area (Å²) in [5.41, 5.74) is 1.67. The molecular formula is C10H9BrN2O. The third-order valence-electron chi connectivity index (χ3n) is 2.17. The molecule has 0 fully saturated rings. The zero-order valence-electron chi connectivity index (χ0n) is 7.70. The van der Waals surface area contributed by atoms with Crippen LogP contribution in [0.4, 0.5) is 0 Å². The molecule has 0 saturated heterocycles. The van der Waals surface area contributed by atoms with Crippen molar-refractivity contribution >= 4 is 33.1 Å². The van der Waals surface area contributed by atoms with Gasteiger partial charge in [0.15, 0.2) is 0 Å². The first-order valence-corrected chi connectivity index (χ1v) is 5.16. The van der Waals surface area contributed by atoms with Crippen LogP contribution in [0, 0.1) is 0 Å². The largest absolute Gasteiger partial charge is 0.298 e. The molecule has 0 N–H and O–H groups in total. The Bertz CT molecular complexity index is 490. The highest BCUT2D eigenvalue weighted by atomic mass is 79.9. The summed E-state index contributed by atoms with van der Waals surface area (Å²) in [4.78, 5) is 10.6. The quantitative estimate of drug-likeness (QED) is 0.771. The number of hydrogen-bond donors (Lipinski definition) is 0. The van der Waals surface area contributed by atoms with Crippen molar-refractivity contribution in [1.29, 1.82) is 0 Å². The van der Waals surface area contributed by atoms with Gasteiger partial charge in [-0.2, -0.15) is 5.10 Å². The van der Waals surface area contributed by atoms with Crippen molar-refractivity contribution in [1.82, 2.24) is 9.78 Å². The Labute approximate surface area is 89.8 Å². The van der Waals surface area contributed by atoms with E-state index in [1.807, 2.05) is 23.7 Å². The second-order valence-corrected chi connectivity index (χ2v) is 3.75. The van der Waals surface area contributed by atoms with Gasteiger partial charge in [-0.25, -0.2) is 0 Å². The van der Waals surface area contributed by atoms with E-state index in [9.17, 15) is 4.79 Å².